The molecule has 100 valence electrons. The molecule has 0 aliphatic carbocycles. The van der Waals surface area contributed by atoms with Crippen molar-refractivity contribution in [3.8, 4) is 11.5 Å². The Morgan fingerprint density at radius 2 is 2.21 bits per heavy atom. The first-order chi connectivity index (χ1) is 9.13. The van der Waals surface area contributed by atoms with Gasteiger partial charge in [-0.15, -0.1) is 0 Å². The number of hydrogen-bond donors (Lipinski definition) is 1. The average molecular weight is 277 g/mol. The summed E-state index contributed by atoms with van der Waals surface area (Å²) in [5.41, 5.74) is 0.759. The highest BCUT2D eigenvalue weighted by atomic mass is 32.1. The van der Waals surface area contributed by atoms with Gasteiger partial charge in [-0.3, -0.25) is 0 Å². The van der Waals surface area contributed by atoms with Crippen LogP contribution in [0, 0.1) is 6.92 Å². The molecule has 1 aromatic heterocycles. The van der Waals surface area contributed by atoms with Crippen molar-refractivity contribution in [3.63, 3.8) is 0 Å². The lowest BCUT2D eigenvalue weighted by Gasteiger charge is -2.02. The number of aromatic nitrogens is 2. The van der Waals surface area contributed by atoms with Crippen LogP contribution >= 0.6 is 11.3 Å². The van der Waals surface area contributed by atoms with Crippen molar-refractivity contribution < 1.29 is 14.5 Å². The molecular formula is C14H17N2O2S+. The first kappa shape index (κ1) is 13.5. The van der Waals surface area contributed by atoms with E-state index in [1.165, 1.54) is 0 Å². The summed E-state index contributed by atoms with van der Waals surface area (Å²) in [5.74, 6) is 0.854. The van der Waals surface area contributed by atoms with Crippen molar-refractivity contribution in [2.24, 2.45) is 0 Å². The fourth-order valence-corrected chi connectivity index (χ4v) is 2.60. The molecule has 2 aromatic rings. The zero-order chi connectivity index (χ0) is 13.8. The van der Waals surface area contributed by atoms with E-state index in [2.05, 4.69) is 12.0 Å². The standard InChI is InChI=1S/C14H16N2O2S/c1-4-16-14(19-10(2)15-16)8-6-11-5-7-12(18-3)9-13(11)17/h5-9H,4H2,1-3H3/p+1. The van der Waals surface area contributed by atoms with Crippen LogP contribution in [-0.2, 0) is 6.54 Å². The molecule has 1 aromatic carbocycles. The van der Waals surface area contributed by atoms with E-state index in [0.717, 1.165) is 22.1 Å². The van der Waals surface area contributed by atoms with Crippen LogP contribution in [0.15, 0.2) is 18.2 Å². The summed E-state index contributed by atoms with van der Waals surface area (Å²) in [6.45, 7) is 4.87. The molecule has 0 fully saturated rings. The third-order valence-corrected chi connectivity index (χ3v) is 3.64. The zero-order valence-corrected chi connectivity index (χ0v) is 12.1. The Bertz CT molecular complexity index is 605. The van der Waals surface area contributed by atoms with Gasteiger partial charge in [-0.25, -0.2) is 0 Å². The summed E-state index contributed by atoms with van der Waals surface area (Å²) in [7, 11) is 1.58. The van der Waals surface area contributed by atoms with Gasteiger partial charge in [0.15, 0.2) is 11.6 Å². The highest BCUT2D eigenvalue weighted by molar-refractivity contribution is 7.11. The smallest absolute Gasteiger partial charge is 0.289 e. The minimum atomic E-state index is 0.208. The lowest BCUT2D eigenvalue weighted by Crippen LogP contribution is -2.36. The third kappa shape index (κ3) is 3.12. The number of phenols is 1. The Morgan fingerprint density at radius 3 is 2.84 bits per heavy atom. The monoisotopic (exact) mass is 277 g/mol. The maximum atomic E-state index is 9.88. The summed E-state index contributed by atoms with van der Waals surface area (Å²) in [6, 6.07) is 5.26. The molecule has 0 saturated heterocycles. The van der Waals surface area contributed by atoms with E-state index in [1.807, 2.05) is 35.9 Å². The molecule has 19 heavy (non-hydrogen) atoms. The molecule has 0 radical (unpaired) electrons. The van der Waals surface area contributed by atoms with Crippen molar-refractivity contribution in [3.05, 3.63) is 33.8 Å². The van der Waals surface area contributed by atoms with Gasteiger partial charge in [-0.1, -0.05) is 4.68 Å². The first-order valence-corrected chi connectivity index (χ1v) is 6.88. The van der Waals surface area contributed by atoms with E-state index in [-0.39, 0.29) is 5.75 Å². The maximum absolute atomic E-state index is 9.88. The third-order valence-electron chi connectivity index (χ3n) is 2.71. The highest BCUT2D eigenvalue weighted by Gasteiger charge is 2.12. The number of phenolic OH excluding ortho intramolecular Hbond substituents is 1. The predicted molar refractivity (Wildman–Crippen MR) is 76.3 cm³/mol. The van der Waals surface area contributed by atoms with Gasteiger partial charge in [0.1, 0.15) is 11.5 Å². The van der Waals surface area contributed by atoms with Crippen molar-refractivity contribution in [1.29, 1.82) is 0 Å². The molecule has 0 atom stereocenters. The number of nitrogens with zero attached hydrogens (tertiary/aromatic N) is 2. The summed E-state index contributed by atoms with van der Waals surface area (Å²) >= 11 is 1.63. The van der Waals surface area contributed by atoms with E-state index in [9.17, 15) is 5.11 Å². The number of ether oxygens (including phenoxy) is 1. The second-order valence-electron chi connectivity index (χ2n) is 4.03. The molecular weight excluding hydrogens is 260 g/mol. The number of methoxy groups -OCH3 is 1. The number of aromatic hydroxyl groups is 1. The van der Waals surface area contributed by atoms with Crippen LogP contribution in [0.2, 0.25) is 0 Å². The van der Waals surface area contributed by atoms with Crippen LogP contribution in [0.5, 0.6) is 11.5 Å². The first-order valence-electron chi connectivity index (χ1n) is 6.06. The number of aryl methyl sites for hydroxylation is 2. The Balaban J connectivity index is 2.27. The molecule has 0 aliphatic rings. The van der Waals surface area contributed by atoms with Crippen LogP contribution < -0.4 is 9.42 Å². The highest BCUT2D eigenvalue weighted by Crippen LogP contribution is 2.25. The van der Waals surface area contributed by atoms with Crippen LogP contribution in [0.1, 0.15) is 22.5 Å². The number of hydrogen-bond acceptors (Lipinski definition) is 4. The van der Waals surface area contributed by atoms with Gasteiger partial charge >= 0.3 is 0 Å². The normalized spacial score (nSPS) is 11.1. The van der Waals surface area contributed by atoms with Crippen LogP contribution in [0.4, 0.5) is 0 Å². The van der Waals surface area contributed by atoms with Crippen LogP contribution in [0.3, 0.4) is 0 Å². The van der Waals surface area contributed by atoms with Gasteiger partial charge in [0.25, 0.3) is 5.01 Å². The quantitative estimate of drug-likeness (QED) is 0.874. The van der Waals surface area contributed by atoms with Gasteiger partial charge in [-0.05, 0) is 43.4 Å². The van der Waals surface area contributed by atoms with E-state index < -0.39 is 0 Å². The molecule has 0 aliphatic heterocycles. The van der Waals surface area contributed by atoms with Crippen molar-refractivity contribution in [2.45, 2.75) is 20.4 Å². The summed E-state index contributed by atoms with van der Waals surface area (Å²) < 4.78 is 7.00. The molecule has 5 heteroatoms. The average Bonchev–Trinajstić information content (AvgIpc) is 2.77. The van der Waals surface area contributed by atoms with Crippen molar-refractivity contribution >= 4 is 23.5 Å². The Kier molecular flexibility index (Phi) is 4.16. The molecule has 2 rings (SSSR count). The SMILES string of the molecule is CC[n+]1nc(C)sc1C=Cc1ccc(OC)cc1O. The van der Waals surface area contributed by atoms with E-state index in [0.29, 0.717) is 5.75 Å². The van der Waals surface area contributed by atoms with E-state index in [1.54, 1.807) is 24.5 Å². The molecule has 1 N–H and O–H groups in total. The number of benzene rings is 1. The van der Waals surface area contributed by atoms with Crippen LogP contribution in [-0.4, -0.2) is 17.3 Å². The summed E-state index contributed by atoms with van der Waals surface area (Å²) in [4.78, 5) is 0. The molecule has 0 unspecified atom stereocenters. The molecule has 0 bridgehead atoms. The van der Waals surface area contributed by atoms with Gasteiger partial charge in [-0.2, -0.15) is 0 Å². The molecule has 0 spiro atoms. The summed E-state index contributed by atoms with van der Waals surface area (Å²) in [6.07, 6.45) is 3.85. The largest absolute Gasteiger partial charge is 0.507 e. The molecule has 1 heterocycles. The minimum Gasteiger partial charge on any atom is -0.507 e. The Labute approximate surface area is 116 Å². The van der Waals surface area contributed by atoms with Crippen molar-refractivity contribution in [2.75, 3.05) is 7.11 Å². The fraction of sp³-hybridized carbons (Fsp3) is 0.286. The second kappa shape index (κ2) is 5.84. The van der Waals surface area contributed by atoms with Gasteiger partial charge < -0.3 is 9.84 Å². The van der Waals surface area contributed by atoms with Gasteiger partial charge in [0.05, 0.1) is 7.11 Å². The van der Waals surface area contributed by atoms with E-state index in [4.69, 9.17) is 4.74 Å². The molecule has 0 saturated carbocycles. The van der Waals surface area contributed by atoms with E-state index >= 15 is 0 Å². The fourth-order valence-electron chi connectivity index (χ4n) is 1.74. The van der Waals surface area contributed by atoms with Gasteiger partial charge in [0, 0.05) is 22.8 Å². The van der Waals surface area contributed by atoms with Crippen LogP contribution in [0.25, 0.3) is 12.2 Å². The molecule has 4 nitrogen and oxygen atoms in total. The number of rotatable bonds is 4. The Hall–Kier alpha value is -1.88. The Morgan fingerprint density at radius 1 is 1.42 bits per heavy atom. The maximum Gasteiger partial charge on any atom is 0.289 e. The predicted octanol–water partition coefficient (Wildman–Crippen LogP) is 2.64. The van der Waals surface area contributed by atoms with Crippen molar-refractivity contribution in [1.82, 2.24) is 5.10 Å². The summed E-state index contributed by atoms with van der Waals surface area (Å²) in [5, 5.41) is 16.4. The lowest BCUT2D eigenvalue weighted by atomic mass is 10.2. The minimum absolute atomic E-state index is 0.208. The van der Waals surface area contributed by atoms with Gasteiger partial charge in [0.2, 0.25) is 0 Å². The molecule has 0 amide bonds. The topological polar surface area (TPSA) is 46.2 Å². The zero-order valence-electron chi connectivity index (χ0n) is 11.3. The lowest BCUT2D eigenvalue weighted by molar-refractivity contribution is -0.747. The second-order valence-corrected chi connectivity index (χ2v) is 5.25.